The molecule has 0 aliphatic carbocycles. The zero-order chi connectivity index (χ0) is 12.3. The second-order valence-electron chi connectivity index (χ2n) is 2.81. The summed E-state index contributed by atoms with van der Waals surface area (Å²) in [6.45, 7) is 0. The van der Waals surface area contributed by atoms with Gasteiger partial charge in [-0.1, -0.05) is 22.0 Å². The van der Waals surface area contributed by atoms with Crippen LogP contribution in [0.1, 0.15) is 15.9 Å². The van der Waals surface area contributed by atoms with Crippen LogP contribution in [0.2, 0.25) is 0 Å². The van der Waals surface area contributed by atoms with E-state index in [9.17, 15) is 18.0 Å². The van der Waals surface area contributed by atoms with Gasteiger partial charge in [-0.25, -0.2) is 4.79 Å². The smallest absolute Gasteiger partial charge is 0.478 e. The van der Waals surface area contributed by atoms with Gasteiger partial charge in [-0.3, -0.25) is 0 Å². The van der Waals surface area contributed by atoms with Crippen LogP contribution < -0.4 is 4.74 Å². The molecule has 1 aromatic rings. The molecule has 7 heteroatoms. The van der Waals surface area contributed by atoms with Crippen LogP contribution in [0.5, 0.6) is 5.75 Å². The van der Waals surface area contributed by atoms with Crippen LogP contribution in [0.25, 0.3) is 0 Å². The van der Waals surface area contributed by atoms with Crippen molar-refractivity contribution >= 4 is 21.9 Å². The fourth-order valence-corrected chi connectivity index (χ4v) is 1.48. The van der Waals surface area contributed by atoms with E-state index in [2.05, 4.69) is 20.7 Å². The summed E-state index contributed by atoms with van der Waals surface area (Å²) >= 11 is 2.98. The minimum absolute atomic E-state index is 0.137. The number of halogens is 4. The quantitative estimate of drug-likeness (QED) is 0.872. The van der Waals surface area contributed by atoms with Gasteiger partial charge in [-0.2, -0.15) is 0 Å². The summed E-state index contributed by atoms with van der Waals surface area (Å²) in [5, 5.41) is 8.76. The van der Waals surface area contributed by atoms with E-state index in [0.717, 1.165) is 6.07 Å². The van der Waals surface area contributed by atoms with Crippen molar-refractivity contribution in [3.8, 4) is 5.75 Å². The Morgan fingerprint density at radius 2 is 2.06 bits per heavy atom. The molecule has 88 valence electrons. The summed E-state index contributed by atoms with van der Waals surface area (Å²) in [7, 11) is 0. The Balaban J connectivity index is 3.12. The van der Waals surface area contributed by atoms with Gasteiger partial charge in [0.05, 0.1) is 5.56 Å². The first-order valence-corrected chi connectivity index (χ1v) is 5.13. The average molecular weight is 299 g/mol. The fourth-order valence-electron chi connectivity index (χ4n) is 1.02. The minimum Gasteiger partial charge on any atom is -0.478 e. The SMILES string of the molecule is O=C(O)c1ccc(CBr)c(OC(F)(F)F)c1. The van der Waals surface area contributed by atoms with E-state index in [0.29, 0.717) is 0 Å². The monoisotopic (exact) mass is 298 g/mol. The molecular formula is C9H6BrF3O3. The first kappa shape index (κ1) is 12.8. The number of rotatable bonds is 3. The van der Waals surface area contributed by atoms with E-state index in [-0.39, 0.29) is 16.5 Å². The van der Waals surface area contributed by atoms with Gasteiger partial charge in [0.25, 0.3) is 0 Å². The van der Waals surface area contributed by atoms with E-state index in [1.165, 1.54) is 12.1 Å². The Morgan fingerprint density at radius 3 is 2.50 bits per heavy atom. The molecule has 0 unspecified atom stereocenters. The molecular weight excluding hydrogens is 293 g/mol. The number of hydrogen-bond donors (Lipinski definition) is 1. The molecule has 0 spiro atoms. The molecule has 0 heterocycles. The van der Waals surface area contributed by atoms with E-state index >= 15 is 0 Å². The van der Waals surface area contributed by atoms with Gasteiger partial charge in [0.15, 0.2) is 0 Å². The summed E-state index contributed by atoms with van der Waals surface area (Å²) in [4.78, 5) is 10.6. The van der Waals surface area contributed by atoms with E-state index in [1.807, 2.05) is 0 Å². The molecule has 0 radical (unpaired) electrons. The normalized spacial score (nSPS) is 11.2. The predicted molar refractivity (Wildman–Crippen MR) is 52.7 cm³/mol. The van der Waals surface area contributed by atoms with Crippen molar-refractivity contribution < 1.29 is 27.8 Å². The van der Waals surface area contributed by atoms with Crippen molar-refractivity contribution in [3.63, 3.8) is 0 Å². The van der Waals surface area contributed by atoms with Gasteiger partial charge in [0, 0.05) is 10.9 Å². The number of benzene rings is 1. The van der Waals surface area contributed by atoms with Crippen molar-refractivity contribution in [2.45, 2.75) is 11.7 Å². The summed E-state index contributed by atoms with van der Waals surface area (Å²) < 4.78 is 39.7. The molecule has 1 aromatic carbocycles. The zero-order valence-corrected chi connectivity index (χ0v) is 9.30. The van der Waals surface area contributed by atoms with Crippen LogP contribution in [0.4, 0.5) is 13.2 Å². The molecule has 0 atom stereocenters. The number of carboxylic acid groups (broad SMARTS) is 1. The Morgan fingerprint density at radius 1 is 1.44 bits per heavy atom. The molecule has 1 rings (SSSR count). The molecule has 0 saturated heterocycles. The van der Waals surface area contributed by atoms with Crippen molar-refractivity contribution in [1.29, 1.82) is 0 Å². The van der Waals surface area contributed by atoms with Crippen molar-refractivity contribution in [2.75, 3.05) is 0 Å². The van der Waals surface area contributed by atoms with Gasteiger partial charge >= 0.3 is 12.3 Å². The van der Waals surface area contributed by atoms with Crippen molar-refractivity contribution in [1.82, 2.24) is 0 Å². The maximum Gasteiger partial charge on any atom is 0.573 e. The highest BCUT2D eigenvalue weighted by Crippen LogP contribution is 2.28. The topological polar surface area (TPSA) is 46.5 Å². The number of hydrogen-bond acceptors (Lipinski definition) is 2. The average Bonchev–Trinajstić information content (AvgIpc) is 2.15. The first-order chi connectivity index (χ1) is 7.33. The lowest BCUT2D eigenvalue weighted by atomic mass is 10.1. The number of ether oxygens (including phenoxy) is 1. The van der Waals surface area contributed by atoms with Crippen LogP contribution >= 0.6 is 15.9 Å². The molecule has 1 N–H and O–H groups in total. The maximum absolute atomic E-state index is 12.0. The molecule has 0 bridgehead atoms. The lowest BCUT2D eigenvalue weighted by Gasteiger charge is -2.12. The molecule has 0 amide bonds. The van der Waals surface area contributed by atoms with Gasteiger partial charge in [-0.15, -0.1) is 13.2 Å². The molecule has 0 aliphatic rings. The van der Waals surface area contributed by atoms with Gasteiger partial charge in [0.2, 0.25) is 0 Å². The molecule has 0 aliphatic heterocycles. The third-order valence-corrected chi connectivity index (χ3v) is 2.29. The maximum atomic E-state index is 12.0. The van der Waals surface area contributed by atoms with Gasteiger partial charge in [-0.05, 0) is 12.1 Å². The van der Waals surface area contributed by atoms with Crippen LogP contribution in [-0.2, 0) is 5.33 Å². The summed E-state index contributed by atoms with van der Waals surface area (Å²) in [5.41, 5.74) is -0.0359. The summed E-state index contributed by atoms with van der Waals surface area (Å²) in [6.07, 6.45) is -4.84. The summed E-state index contributed by atoms with van der Waals surface area (Å²) in [6, 6.07) is 3.31. The molecule has 0 saturated carbocycles. The lowest BCUT2D eigenvalue weighted by Crippen LogP contribution is -2.18. The highest BCUT2D eigenvalue weighted by molar-refractivity contribution is 9.08. The molecule has 0 fully saturated rings. The summed E-state index contributed by atoms with van der Waals surface area (Å²) in [5.74, 6) is -1.82. The number of carbonyl (C=O) groups is 1. The number of aromatic carboxylic acids is 1. The Labute approximate surface area is 97.0 Å². The first-order valence-electron chi connectivity index (χ1n) is 4.01. The van der Waals surface area contributed by atoms with Gasteiger partial charge in [0.1, 0.15) is 5.75 Å². The zero-order valence-electron chi connectivity index (χ0n) is 7.71. The Bertz CT molecular complexity index is 403. The van der Waals surface area contributed by atoms with E-state index in [1.54, 1.807) is 0 Å². The fraction of sp³-hybridized carbons (Fsp3) is 0.222. The van der Waals surface area contributed by atoms with Crippen LogP contribution in [0.3, 0.4) is 0 Å². The van der Waals surface area contributed by atoms with E-state index in [4.69, 9.17) is 5.11 Å². The number of carboxylic acids is 1. The number of alkyl halides is 4. The largest absolute Gasteiger partial charge is 0.573 e. The van der Waals surface area contributed by atoms with Gasteiger partial charge < -0.3 is 9.84 Å². The standard InChI is InChI=1S/C9H6BrF3O3/c10-4-6-2-1-5(8(14)15)3-7(6)16-9(11,12)13/h1-3H,4H2,(H,14,15). The molecule has 16 heavy (non-hydrogen) atoms. The van der Waals surface area contributed by atoms with Crippen molar-refractivity contribution in [2.24, 2.45) is 0 Å². The second kappa shape index (κ2) is 4.73. The van der Waals surface area contributed by atoms with Crippen LogP contribution in [0.15, 0.2) is 18.2 Å². The van der Waals surface area contributed by atoms with E-state index < -0.39 is 18.1 Å². The van der Waals surface area contributed by atoms with Crippen molar-refractivity contribution in [3.05, 3.63) is 29.3 Å². The van der Waals surface area contributed by atoms with Crippen LogP contribution in [-0.4, -0.2) is 17.4 Å². The highest BCUT2D eigenvalue weighted by Gasteiger charge is 2.32. The lowest BCUT2D eigenvalue weighted by molar-refractivity contribution is -0.274. The third-order valence-electron chi connectivity index (χ3n) is 1.68. The highest BCUT2D eigenvalue weighted by atomic mass is 79.9. The molecule has 0 aromatic heterocycles. The Hall–Kier alpha value is -1.24. The predicted octanol–water partition coefficient (Wildman–Crippen LogP) is 3.18. The third kappa shape index (κ3) is 3.41. The second-order valence-corrected chi connectivity index (χ2v) is 3.37. The molecule has 3 nitrogen and oxygen atoms in total. The van der Waals surface area contributed by atoms with Crippen LogP contribution in [0, 0.1) is 0 Å². The minimum atomic E-state index is -4.84. The Kier molecular flexibility index (Phi) is 3.79.